The summed E-state index contributed by atoms with van der Waals surface area (Å²) in [5, 5.41) is 7.72. The van der Waals surface area contributed by atoms with Gasteiger partial charge in [-0.05, 0) is 48.7 Å². The average Bonchev–Trinajstić information content (AvgIpc) is 2.98. The molecule has 0 radical (unpaired) electrons. The molecule has 7 nitrogen and oxygen atoms in total. The number of benzene rings is 1. The van der Waals surface area contributed by atoms with Crippen molar-refractivity contribution in [2.45, 2.75) is 52.0 Å². The zero-order valence-corrected chi connectivity index (χ0v) is 14.2. The summed E-state index contributed by atoms with van der Waals surface area (Å²) in [6, 6.07) is 7.21. The lowest BCUT2D eigenvalue weighted by molar-refractivity contribution is 0.157. The average molecular weight is 329 g/mol. The molecule has 1 aromatic heterocycles. The van der Waals surface area contributed by atoms with Gasteiger partial charge in [0, 0.05) is 12.6 Å². The summed E-state index contributed by atoms with van der Waals surface area (Å²) in [5.74, 6) is 0. The van der Waals surface area contributed by atoms with E-state index >= 15 is 0 Å². The van der Waals surface area contributed by atoms with Crippen molar-refractivity contribution < 1.29 is 4.79 Å². The van der Waals surface area contributed by atoms with Crippen LogP contribution in [0.1, 0.15) is 44.6 Å². The molecule has 1 amide bonds. The summed E-state index contributed by atoms with van der Waals surface area (Å²) in [7, 11) is 0. The van der Waals surface area contributed by atoms with Crippen LogP contribution in [0.2, 0.25) is 0 Å². The Balaban J connectivity index is 1.91. The molecule has 24 heavy (non-hydrogen) atoms. The molecule has 0 spiro atoms. The van der Waals surface area contributed by atoms with Crippen LogP contribution in [0.4, 0.5) is 4.79 Å². The summed E-state index contributed by atoms with van der Waals surface area (Å²) in [5.41, 5.74) is 1.02. The molecule has 1 heterocycles. The Bertz CT molecular complexity index is 773. The van der Waals surface area contributed by atoms with E-state index in [1.165, 1.54) is 11.1 Å². The molecule has 0 aliphatic heterocycles. The second-order valence-electron chi connectivity index (χ2n) is 6.23. The van der Waals surface area contributed by atoms with E-state index < -0.39 is 5.69 Å². The van der Waals surface area contributed by atoms with E-state index in [1.54, 1.807) is 11.0 Å². The monoisotopic (exact) mass is 329 g/mol. The molecule has 0 saturated heterocycles. The summed E-state index contributed by atoms with van der Waals surface area (Å²) in [6.07, 6.45) is 5.44. The first-order valence-corrected chi connectivity index (χ1v) is 8.55. The van der Waals surface area contributed by atoms with Gasteiger partial charge in [0.05, 0.1) is 5.69 Å². The SMILES string of the molecule is CCN(C(=O)n1nnn(-c2ccccc2C)c1=O)C1CCCCC1. The van der Waals surface area contributed by atoms with Gasteiger partial charge in [-0.3, -0.25) is 0 Å². The van der Waals surface area contributed by atoms with Crippen molar-refractivity contribution in [1.82, 2.24) is 24.7 Å². The largest absolute Gasteiger partial charge is 0.377 e. The maximum Gasteiger partial charge on any atom is 0.377 e. The molecule has 0 unspecified atom stereocenters. The summed E-state index contributed by atoms with van der Waals surface area (Å²) in [6.45, 7) is 4.39. The maximum atomic E-state index is 12.8. The predicted molar refractivity (Wildman–Crippen MR) is 90.4 cm³/mol. The molecule has 1 fully saturated rings. The number of aryl methyl sites for hydroxylation is 1. The molecule has 1 saturated carbocycles. The number of nitrogens with zero attached hydrogens (tertiary/aromatic N) is 5. The number of hydrogen-bond acceptors (Lipinski definition) is 4. The zero-order valence-electron chi connectivity index (χ0n) is 14.2. The van der Waals surface area contributed by atoms with Gasteiger partial charge in [-0.15, -0.1) is 4.68 Å². The smallest absolute Gasteiger partial charge is 0.320 e. The second-order valence-corrected chi connectivity index (χ2v) is 6.23. The highest BCUT2D eigenvalue weighted by molar-refractivity contribution is 5.75. The van der Waals surface area contributed by atoms with Crippen LogP contribution in [0, 0.1) is 6.92 Å². The fourth-order valence-electron chi connectivity index (χ4n) is 3.38. The van der Waals surface area contributed by atoms with Crippen LogP contribution in [-0.2, 0) is 0 Å². The van der Waals surface area contributed by atoms with E-state index in [0.717, 1.165) is 35.9 Å². The molecule has 3 rings (SSSR count). The summed E-state index contributed by atoms with van der Waals surface area (Å²) >= 11 is 0. The minimum absolute atomic E-state index is 0.187. The summed E-state index contributed by atoms with van der Waals surface area (Å²) < 4.78 is 2.06. The van der Waals surface area contributed by atoms with Gasteiger partial charge in [-0.2, -0.15) is 4.68 Å². The fraction of sp³-hybridized carbons (Fsp3) is 0.529. The van der Waals surface area contributed by atoms with Crippen molar-refractivity contribution in [3.63, 3.8) is 0 Å². The van der Waals surface area contributed by atoms with E-state index in [2.05, 4.69) is 10.4 Å². The van der Waals surface area contributed by atoms with Crippen molar-refractivity contribution in [2.75, 3.05) is 6.54 Å². The first kappa shape index (κ1) is 16.4. The standard InChI is InChI=1S/C17H23N5O2/c1-3-20(14-10-5-4-6-11-14)16(23)22-17(24)21(18-19-22)15-12-8-7-9-13(15)2/h7-9,12,14H,3-6,10-11H2,1-2H3. The number of amides is 1. The minimum atomic E-state index is -0.524. The Morgan fingerprint density at radius 1 is 1.21 bits per heavy atom. The zero-order chi connectivity index (χ0) is 17.1. The van der Waals surface area contributed by atoms with Gasteiger partial charge in [0.2, 0.25) is 0 Å². The van der Waals surface area contributed by atoms with Crippen molar-refractivity contribution in [3.8, 4) is 5.69 Å². The third-order valence-corrected chi connectivity index (χ3v) is 4.71. The van der Waals surface area contributed by atoms with E-state index in [4.69, 9.17) is 0 Å². The van der Waals surface area contributed by atoms with Gasteiger partial charge in [-0.1, -0.05) is 37.5 Å². The molecular formula is C17H23N5O2. The molecule has 1 aliphatic carbocycles. The lowest BCUT2D eigenvalue weighted by Crippen LogP contribution is -2.47. The highest BCUT2D eigenvalue weighted by atomic mass is 16.2. The van der Waals surface area contributed by atoms with E-state index in [1.807, 2.05) is 32.0 Å². The first-order chi connectivity index (χ1) is 11.6. The van der Waals surface area contributed by atoms with Crippen LogP contribution in [0.15, 0.2) is 29.1 Å². The maximum absolute atomic E-state index is 12.8. The van der Waals surface area contributed by atoms with E-state index in [0.29, 0.717) is 12.2 Å². The number of carbonyl (C=O) groups is 1. The third kappa shape index (κ3) is 2.98. The Morgan fingerprint density at radius 2 is 1.92 bits per heavy atom. The minimum Gasteiger partial charge on any atom is -0.320 e. The number of hydrogen-bond donors (Lipinski definition) is 0. The van der Waals surface area contributed by atoms with Gasteiger partial charge in [0.25, 0.3) is 0 Å². The van der Waals surface area contributed by atoms with Crippen LogP contribution < -0.4 is 5.69 Å². The van der Waals surface area contributed by atoms with Crippen LogP contribution in [0.5, 0.6) is 0 Å². The molecule has 2 aromatic rings. The molecule has 128 valence electrons. The lowest BCUT2D eigenvalue weighted by atomic mass is 9.94. The second kappa shape index (κ2) is 6.98. The fourth-order valence-corrected chi connectivity index (χ4v) is 3.38. The van der Waals surface area contributed by atoms with Crippen molar-refractivity contribution in [2.24, 2.45) is 0 Å². The Labute approximate surface area is 140 Å². The first-order valence-electron chi connectivity index (χ1n) is 8.55. The van der Waals surface area contributed by atoms with Crippen molar-refractivity contribution >= 4 is 6.03 Å². The quantitative estimate of drug-likeness (QED) is 0.810. The van der Waals surface area contributed by atoms with Crippen LogP contribution >= 0.6 is 0 Å². The molecule has 0 N–H and O–H groups in total. The summed E-state index contributed by atoms with van der Waals surface area (Å²) in [4.78, 5) is 27.2. The lowest BCUT2D eigenvalue weighted by Gasteiger charge is -2.32. The van der Waals surface area contributed by atoms with E-state index in [9.17, 15) is 9.59 Å². The third-order valence-electron chi connectivity index (χ3n) is 4.71. The number of carbonyl (C=O) groups excluding carboxylic acids is 1. The highest BCUT2D eigenvalue weighted by Gasteiger charge is 2.28. The molecular weight excluding hydrogens is 306 g/mol. The number of tetrazole rings is 1. The molecule has 0 atom stereocenters. The molecule has 1 aromatic carbocycles. The predicted octanol–water partition coefficient (Wildman–Crippen LogP) is 2.36. The van der Waals surface area contributed by atoms with Crippen molar-refractivity contribution in [1.29, 1.82) is 0 Å². The van der Waals surface area contributed by atoms with Crippen molar-refractivity contribution in [3.05, 3.63) is 40.3 Å². The molecule has 1 aliphatic rings. The van der Waals surface area contributed by atoms with Gasteiger partial charge in [-0.25, -0.2) is 9.59 Å². The normalized spacial score (nSPS) is 15.4. The Kier molecular flexibility index (Phi) is 4.78. The van der Waals surface area contributed by atoms with Gasteiger partial charge >= 0.3 is 11.7 Å². The van der Waals surface area contributed by atoms with Gasteiger partial charge in [0.15, 0.2) is 0 Å². The number of rotatable bonds is 3. The van der Waals surface area contributed by atoms with Gasteiger partial charge in [0.1, 0.15) is 0 Å². The van der Waals surface area contributed by atoms with Crippen LogP contribution in [-0.4, -0.2) is 43.3 Å². The Hall–Kier alpha value is -2.44. The Morgan fingerprint density at radius 3 is 2.58 bits per heavy atom. The molecule has 0 bridgehead atoms. The number of aromatic nitrogens is 4. The topological polar surface area (TPSA) is 73.0 Å². The number of para-hydroxylation sites is 1. The van der Waals surface area contributed by atoms with Crippen LogP contribution in [0.25, 0.3) is 5.69 Å². The highest BCUT2D eigenvalue weighted by Crippen LogP contribution is 2.22. The van der Waals surface area contributed by atoms with Gasteiger partial charge < -0.3 is 4.90 Å². The molecule has 7 heteroatoms. The van der Waals surface area contributed by atoms with Crippen LogP contribution in [0.3, 0.4) is 0 Å². The van der Waals surface area contributed by atoms with E-state index in [-0.39, 0.29) is 12.1 Å².